The van der Waals surface area contributed by atoms with Crippen LogP contribution in [0.4, 0.5) is 0 Å². The predicted octanol–water partition coefficient (Wildman–Crippen LogP) is 2.13. The van der Waals surface area contributed by atoms with E-state index in [0.29, 0.717) is 0 Å². The first kappa shape index (κ1) is 14.0. The number of carbonyl (C=O) groups is 2. The number of nitrogens with zero attached hydrogens (tertiary/aromatic N) is 1. The fourth-order valence-corrected chi connectivity index (χ4v) is 2.30. The second kappa shape index (κ2) is 6.03. The molecule has 1 aliphatic rings. The first-order chi connectivity index (χ1) is 7.93. The van der Waals surface area contributed by atoms with Gasteiger partial charge in [0, 0.05) is 12.0 Å². The minimum atomic E-state index is -0.916. The molecule has 0 saturated heterocycles. The van der Waals surface area contributed by atoms with Crippen LogP contribution in [-0.2, 0) is 9.59 Å². The highest BCUT2D eigenvalue weighted by Gasteiger charge is 2.31. The molecular weight excluding hydrogens is 218 g/mol. The van der Waals surface area contributed by atoms with Crippen molar-refractivity contribution in [3.8, 4) is 0 Å². The van der Waals surface area contributed by atoms with Crippen molar-refractivity contribution < 1.29 is 14.7 Å². The van der Waals surface area contributed by atoms with Crippen molar-refractivity contribution in [1.29, 1.82) is 0 Å². The molecular formula is C13H23NO3. The number of carboxylic acid groups (broad SMARTS) is 1. The molecule has 98 valence electrons. The van der Waals surface area contributed by atoms with E-state index in [9.17, 15) is 9.59 Å². The lowest BCUT2D eigenvalue weighted by molar-refractivity contribution is -0.148. The summed E-state index contributed by atoms with van der Waals surface area (Å²) in [6.07, 6.45) is 4.10. The summed E-state index contributed by atoms with van der Waals surface area (Å²) in [5, 5.41) is 8.92. The summed E-state index contributed by atoms with van der Waals surface area (Å²) >= 11 is 0. The van der Waals surface area contributed by atoms with Crippen molar-refractivity contribution >= 4 is 11.9 Å². The number of carboxylic acids is 1. The number of rotatable bonds is 5. The van der Waals surface area contributed by atoms with Crippen molar-refractivity contribution in [2.24, 2.45) is 11.8 Å². The van der Waals surface area contributed by atoms with Gasteiger partial charge in [0.15, 0.2) is 0 Å². The maximum Gasteiger partial charge on any atom is 0.323 e. The molecule has 1 unspecified atom stereocenters. The Balaban J connectivity index is 2.74. The van der Waals surface area contributed by atoms with Gasteiger partial charge in [0.05, 0.1) is 0 Å². The molecule has 17 heavy (non-hydrogen) atoms. The van der Waals surface area contributed by atoms with Gasteiger partial charge in [0.1, 0.15) is 6.54 Å². The normalized spacial score (nSPS) is 18.4. The van der Waals surface area contributed by atoms with Crippen molar-refractivity contribution in [2.75, 3.05) is 6.54 Å². The van der Waals surface area contributed by atoms with Crippen molar-refractivity contribution in [1.82, 2.24) is 4.90 Å². The molecule has 0 aromatic rings. The van der Waals surface area contributed by atoms with Crippen molar-refractivity contribution in [2.45, 2.75) is 52.5 Å². The van der Waals surface area contributed by atoms with Gasteiger partial charge < -0.3 is 10.0 Å². The summed E-state index contributed by atoms with van der Waals surface area (Å²) in [5.41, 5.74) is 0. The van der Waals surface area contributed by atoms with Crippen LogP contribution in [0.1, 0.15) is 46.5 Å². The van der Waals surface area contributed by atoms with Crippen molar-refractivity contribution in [3.63, 3.8) is 0 Å². The maximum absolute atomic E-state index is 12.3. The van der Waals surface area contributed by atoms with Gasteiger partial charge in [0.2, 0.25) is 5.91 Å². The van der Waals surface area contributed by atoms with Gasteiger partial charge in [-0.05, 0) is 18.8 Å². The van der Waals surface area contributed by atoms with Crippen LogP contribution in [-0.4, -0.2) is 34.5 Å². The lowest BCUT2D eigenvalue weighted by Gasteiger charge is -2.31. The van der Waals surface area contributed by atoms with Gasteiger partial charge in [-0.1, -0.05) is 33.6 Å². The Labute approximate surface area is 103 Å². The highest BCUT2D eigenvalue weighted by Crippen LogP contribution is 2.26. The number of hydrogen-bond acceptors (Lipinski definition) is 2. The minimum absolute atomic E-state index is 0.00528. The van der Waals surface area contributed by atoms with E-state index in [-0.39, 0.29) is 30.3 Å². The minimum Gasteiger partial charge on any atom is -0.480 e. The zero-order chi connectivity index (χ0) is 13.0. The van der Waals surface area contributed by atoms with Crippen LogP contribution in [0, 0.1) is 11.8 Å². The number of amides is 1. The van der Waals surface area contributed by atoms with E-state index >= 15 is 0 Å². The summed E-state index contributed by atoms with van der Waals surface area (Å²) in [4.78, 5) is 24.7. The summed E-state index contributed by atoms with van der Waals surface area (Å²) < 4.78 is 0. The molecule has 0 bridgehead atoms. The average Bonchev–Trinajstić information content (AvgIpc) is 2.76. The molecule has 1 atom stereocenters. The Morgan fingerprint density at radius 2 is 1.76 bits per heavy atom. The van der Waals surface area contributed by atoms with E-state index in [0.717, 1.165) is 25.7 Å². The largest absolute Gasteiger partial charge is 0.480 e. The molecule has 0 spiro atoms. The molecule has 0 heterocycles. The molecule has 0 aromatic carbocycles. The zero-order valence-electron chi connectivity index (χ0n) is 11.0. The second-order valence-electron chi connectivity index (χ2n) is 5.33. The van der Waals surface area contributed by atoms with Gasteiger partial charge in [-0.2, -0.15) is 0 Å². The smallest absolute Gasteiger partial charge is 0.323 e. The third-order valence-electron chi connectivity index (χ3n) is 3.74. The molecule has 1 amide bonds. The summed E-state index contributed by atoms with van der Waals surface area (Å²) in [6.45, 7) is 5.73. The average molecular weight is 241 g/mol. The Hall–Kier alpha value is -1.06. The van der Waals surface area contributed by atoms with Gasteiger partial charge in [-0.15, -0.1) is 0 Å². The van der Waals surface area contributed by atoms with E-state index in [4.69, 9.17) is 5.11 Å². The molecule has 4 nitrogen and oxygen atoms in total. The Bertz CT molecular complexity index is 282. The highest BCUT2D eigenvalue weighted by molar-refractivity contribution is 5.83. The summed E-state index contributed by atoms with van der Waals surface area (Å²) in [7, 11) is 0. The van der Waals surface area contributed by atoms with Crippen LogP contribution in [0.15, 0.2) is 0 Å². The van der Waals surface area contributed by atoms with Crippen LogP contribution in [0.2, 0.25) is 0 Å². The Kier molecular flexibility index (Phi) is 4.97. The standard InChI is InChI=1S/C13H23NO3/c1-9(2)10(3)13(17)14(8-12(15)16)11-6-4-5-7-11/h9-11H,4-8H2,1-3H3,(H,15,16). The van der Waals surface area contributed by atoms with Gasteiger partial charge in [0.25, 0.3) is 0 Å². The molecule has 1 N–H and O–H groups in total. The number of carbonyl (C=O) groups excluding carboxylic acids is 1. The van der Waals surface area contributed by atoms with Crippen LogP contribution in [0.3, 0.4) is 0 Å². The van der Waals surface area contributed by atoms with Gasteiger partial charge in [-0.25, -0.2) is 0 Å². The van der Waals surface area contributed by atoms with E-state index in [2.05, 4.69) is 0 Å². The first-order valence-corrected chi connectivity index (χ1v) is 6.45. The molecule has 4 heteroatoms. The second-order valence-corrected chi connectivity index (χ2v) is 5.33. The summed E-state index contributed by atoms with van der Waals surface area (Å²) in [5.74, 6) is -0.773. The van der Waals surface area contributed by atoms with Crippen LogP contribution in [0.25, 0.3) is 0 Å². The maximum atomic E-state index is 12.3. The lowest BCUT2D eigenvalue weighted by atomic mass is 9.95. The number of hydrogen-bond donors (Lipinski definition) is 1. The van der Waals surface area contributed by atoms with E-state index in [1.54, 1.807) is 4.90 Å². The monoisotopic (exact) mass is 241 g/mol. The van der Waals surface area contributed by atoms with Crippen LogP contribution >= 0.6 is 0 Å². The Morgan fingerprint density at radius 1 is 1.24 bits per heavy atom. The Morgan fingerprint density at radius 3 is 2.18 bits per heavy atom. The fourth-order valence-electron chi connectivity index (χ4n) is 2.30. The SMILES string of the molecule is CC(C)C(C)C(=O)N(CC(=O)O)C1CCCC1. The molecule has 1 saturated carbocycles. The van der Waals surface area contributed by atoms with E-state index in [1.807, 2.05) is 20.8 Å². The molecule has 1 rings (SSSR count). The quantitative estimate of drug-likeness (QED) is 0.802. The fraction of sp³-hybridized carbons (Fsp3) is 0.846. The molecule has 1 aliphatic carbocycles. The predicted molar refractivity (Wildman–Crippen MR) is 65.6 cm³/mol. The van der Waals surface area contributed by atoms with Gasteiger partial charge >= 0.3 is 5.97 Å². The third kappa shape index (κ3) is 3.72. The van der Waals surface area contributed by atoms with Crippen LogP contribution in [0.5, 0.6) is 0 Å². The summed E-state index contributed by atoms with van der Waals surface area (Å²) in [6, 6.07) is 0.139. The molecule has 0 radical (unpaired) electrons. The molecule has 0 aliphatic heterocycles. The number of aliphatic carboxylic acids is 1. The zero-order valence-corrected chi connectivity index (χ0v) is 11.0. The lowest BCUT2D eigenvalue weighted by Crippen LogP contribution is -2.45. The highest BCUT2D eigenvalue weighted by atomic mass is 16.4. The van der Waals surface area contributed by atoms with E-state index < -0.39 is 5.97 Å². The molecule has 1 fully saturated rings. The topological polar surface area (TPSA) is 57.6 Å². The van der Waals surface area contributed by atoms with Gasteiger partial charge in [-0.3, -0.25) is 9.59 Å². The van der Waals surface area contributed by atoms with Crippen LogP contribution < -0.4 is 0 Å². The van der Waals surface area contributed by atoms with Crippen molar-refractivity contribution in [3.05, 3.63) is 0 Å². The first-order valence-electron chi connectivity index (χ1n) is 6.45. The third-order valence-corrected chi connectivity index (χ3v) is 3.74. The van der Waals surface area contributed by atoms with E-state index in [1.165, 1.54) is 0 Å². The molecule has 0 aromatic heterocycles.